The van der Waals surface area contributed by atoms with E-state index < -0.39 is 0 Å². The molecule has 0 atom stereocenters. The fourth-order valence-corrected chi connectivity index (χ4v) is 4.20. The van der Waals surface area contributed by atoms with E-state index in [9.17, 15) is 4.79 Å². The molecule has 0 aliphatic carbocycles. The third-order valence-corrected chi connectivity index (χ3v) is 5.85. The largest absolute Gasteiger partial charge is 0.321 e. The van der Waals surface area contributed by atoms with Crippen LogP contribution in [0.5, 0.6) is 0 Å². The zero-order chi connectivity index (χ0) is 21.2. The van der Waals surface area contributed by atoms with Crippen LogP contribution in [-0.4, -0.2) is 20.2 Å². The van der Waals surface area contributed by atoms with Gasteiger partial charge in [0.25, 0.3) is 5.56 Å². The van der Waals surface area contributed by atoms with Crippen LogP contribution >= 0.6 is 23.4 Å². The molecule has 0 saturated carbocycles. The van der Waals surface area contributed by atoms with Gasteiger partial charge in [0.15, 0.2) is 0 Å². The molecule has 150 valence electrons. The number of benzene rings is 3. The van der Waals surface area contributed by atoms with Gasteiger partial charge in [-0.3, -0.25) is 4.79 Å². The Balaban J connectivity index is 1.60. The van der Waals surface area contributed by atoms with Gasteiger partial charge in [0, 0.05) is 27.1 Å². The number of aromatic nitrogens is 4. The summed E-state index contributed by atoms with van der Waals surface area (Å²) >= 11 is 7.28. The van der Waals surface area contributed by atoms with Gasteiger partial charge in [-0.05, 0) is 36.0 Å². The summed E-state index contributed by atoms with van der Waals surface area (Å²) in [4.78, 5) is 20.7. The summed E-state index contributed by atoms with van der Waals surface area (Å²) in [6.45, 7) is 0. The number of fused-ring (bicyclic) bond motifs is 1. The SMILES string of the molecule is O=c1[nH]c2ccc(Cl)cc2cc1Sc1nnc(-c2ccccc2)c(-c2ccccc2)n1. The Hall–Kier alpha value is -3.48. The number of nitrogens with one attached hydrogen (secondary N) is 1. The molecule has 5 nitrogen and oxygen atoms in total. The van der Waals surface area contributed by atoms with Gasteiger partial charge in [-0.2, -0.15) is 0 Å². The molecule has 0 unspecified atom stereocenters. The highest BCUT2D eigenvalue weighted by molar-refractivity contribution is 7.99. The summed E-state index contributed by atoms with van der Waals surface area (Å²) in [7, 11) is 0. The number of H-pyrrole nitrogens is 1. The second-order valence-electron chi connectivity index (χ2n) is 6.82. The summed E-state index contributed by atoms with van der Waals surface area (Å²) in [6.07, 6.45) is 0. The first-order valence-corrected chi connectivity index (χ1v) is 10.7. The van der Waals surface area contributed by atoms with Crippen molar-refractivity contribution in [3.8, 4) is 22.5 Å². The summed E-state index contributed by atoms with van der Waals surface area (Å²) < 4.78 is 0. The van der Waals surface area contributed by atoms with Crippen LogP contribution in [-0.2, 0) is 0 Å². The van der Waals surface area contributed by atoms with E-state index in [2.05, 4.69) is 15.2 Å². The number of hydrogen-bond donors (Lipinski definition) is 1. The molecule has 2 heterocycles. The molecule has 0 amide bonds. The number of pyridine rings is 1. The molecule has 5 rings (SSSR count). The predicted octanol–water partition coefficient (Wildman–Crippen LogP) is 5.85. The Morgan fingerprint density at radius 1 is 0.774 bits per heavy atom. The van der Waals surface area contributed by atoms with Crippen molar-refractivity contribution in [1.82, 2.24) is 20.2 Å². The average molecular weight is 443 g/mol. The molecule has 0 radical (unpaired) electrons. The third-order valence-electron chi connectivity index (χ3n) is 4.74. The van der Waals surface area contributed by atoms with Crippen molar-refractivity contribution in [1.29, 1.82) is 0 Å². The van der Waals surface area contributed by atoms with Gasteiger partial charge in [-0.1, -0.05) is 72.3 Å². The lowest BCUT2D eigenvalue weighted by Crippen LogP contribution is -2.08. The number of hydrogen-bond acceptors (Lipinski definition) is 5. The molecule has 1 N–H and O–H groups in total. The minimum absolute atomic E-state index is 0.211. The van der Waals surface area contributed by atoms with Gasteiger partial charge in [-0.15, -0.1) is 10.2 Å². The predicted molar refractivity (Wildman–Crippen MR) is 124 cm³/mol. The molecule has 31 heavy (non-hydrogen) atoms. The first-order valence-electron chi connectivity index (χ1n) is 9.53. The standard InChI is InChI=1S/C24H15ClN4OS/c25-18-11-12-19-17(13-18)14-20(23(30)26-19)31-24-27-21(15-7-3-1-4-8-15)22(28-29-24)16-9-5-2-6-10-16/h1-14H,(H,26,30). The van der Waals surface area contributed by atoms with Crippen LogP contribution in [0, 0.1) is 0 Å². The number of halogens is 1. The highest BCUT2D eigenvalue weighted by Gasteiger charge is 2.15. The second kappa shape index (κ2) is 8.34. The Bertz CT molecular complexity index is 1440. The second-order valence-corrected chi connectivity index (χ2v) is 8.27. The summed E-state index contributed by atoms with van der Waals surface area (Å²) in [5, 5.41) is 10.6. The van der Waals surface area contributed by atoms with Crippen LogP contribution in [0.3, 0.4) is 0 Å². The molecule has 0 spiro atoms. The highest BCUT2D eigenvalue weighted by atomic mass is 35.5. The number of nitrogens with zero attached hydrogens (tertiary/aromatic N) is 3. The van der Waals surface area contributed by atoms with E-state index in [4.69, 9.17) is 16.6 Å². The van der Waals surface area contributed by atoms with E-state index in [-0.39, 0.29) is 5.56 Å². The van der Waals surface area contributed by atoms with Crippen molar-refractivity contribution in [2.75, 3.05) is 0 Å². The molecule has 7 heteroatoms. The van der Waals surface area contributed by atoms with Crippen molar-refractivity contribution >= 4 is 34.3 Å². The molecular weight excluding hydrogens is 428 g/mol. The first-order chi connectivity index (χ1) is 15.2. The van der Waals surface area contributed by atoms with Crippen molar-refractivity contribution in [3.63, 3.8) is 0 Å². The van der Waals surface area contributed by atoms with Crippen LogP contribution in [0.4, 0.5) is 0 Å². The highest BCUT2D eigenvalue weighted by Crippen LogP contribution is 2.31. The Morgan fingerprint density at radius 2 is 1.45 bits per heavy atom. The Labute approximate surface area is 187 Å². The molecule has 0 saturated heterocycles. The third kappa shape index (κ3) is 4.08. The smallest absolute Gasteiger partial charge is 0.262 e. The molecule has 0 bridgehead atoms. The summed E-state index contributed by atoms with van der Waals surface area (Å²) in [6, 6.07) is 26.8. The monoisotopic (exact) mass is 442 g/mol. The lowest BCUT2D eigenvalue weighted by molar-refractivity contribution is 0.849. The van der Waals surface area contributed by atoms with Crippen LogP contribution in [0.2, 0.25) is 5.02 Å². The van der Waals surface area contributed by atoms with Crippen molar-refractivity contribution < 1.29 is 0 Å². The van der Waals surface area contributed by atoms with Gasteiger partial charge in [0.2, 0.25) is 5.16 Å². The molecule has 0 fully saturated rings. The maximum Gasteiger partial charge on any atom is 0.262 e. The van der Waals surface area contributed by atoms with Crippen LogP contribution < -0.4 is 5.56 Å². The quantitative estimate of drug-likeness (QED) is 0.378. The average Bonchev–Trinajstić information content (AvgIpc) is 2.81. The zero-order valence-corrected chi connectivity index (χ0v) is 17.7. The van der Waals surface area contributed by atoms with E-state index >= 15 is 0 Å². The number of rotatable bonds is 4. The van der Waals surface area contributed by atoms with Crippen molar-refractivity contribution in [2.24, 2.45) is 0 Å². The molecule has 0 aliphatic rings. The molecule has 2 aromatic heterocycles. The maximum absolute atomic E-state index is 12.6. The van der Waals surface area contributed by atoms with Crippen LogP contribution in [0.15, 0.2) is 99.8 Å². The Morgan fingerprint density at radius 3 is 2.16 bits per heavy atom. The number of aromatic amines is 1. The zero-order valence-electron chi connectivity index (χ0n) is 16.1. The lowest BCUT2D eigenvalue weighted by atomic mass is 10.0. The molecular formula is C24H15ClN4OS. The fraction of sp³-hybridized carbons (Fsp3) is 0. The van der Waals surface area contributed by atoms with Gasteiger partial charge in [0.05, 0.1) is 4.90 Å². The molecule has 3 aromatic carbocycles. The topological polar surface area (TPSA) is 71.5 Å². The van der Waals surface area contributed by atoms with Crippen molar-refractivity contribution in [2.45, 2.75) is 10.1 Å². The Kier molecular flexibility index (Phi) is 5.24. The van der Waals surface area contributed by atoms with E-state index in [1.165, 1.54) is 11.8 Å². The fourth-order valence-electron chi connectivity index (χ4n) is 3.27. The van der Waals surface area contributed by atoms with Gasteiger partial charge >= 0.3 is 0 Å². The van der Waals surface area contributed by atoms with Crippen LogP contribution in [0.1, 0.15) is 0 Å². The molecule has 5 aromatic rings. The van der Waals surface area contributed by atoms with E-state index in [0.29, 0.717) is 26.5 Å². The van der Waals surface area contributed by atoms with E-state index in [1.54, 1.807) is 18.2 Å². The van der Waals surface area contributed by atoms with Crippen LogP contribution in [0.25, 0.3) is 33.4 Å². The summed E-state index contributed by atoms with van der Waals surface area (Å²) in [5.74, 6) is 0. The lowest BCUT2D eigenvalue weighted by Gasteiger charge is -2.09. The minimum atomic E-state index is -0.211. The van der Waals surface area contributed by atoms with Gasteiger partial charge < -0.3 is 4.98 Å². The maximum atomic E-state index is 12.6. The van der Waals surface area contributed by atoms with Gasteiger partial charge in [0.1, 0.15) is 11.4 Å². The summed E-state index contributed by atoms with van der Waals surface area (Å²) in [5.41, 5.74) is 3.77. The van der Waals surface area contributed by atoms with E-state index in [1.807, 2.05) is 66.7 Å². The van der Waals surface area contributed by atoms with Crippen molar-refractivity contribution in [3.05, 3.63) is 100 Å². The first kappa shape index (κ1) is 19.5. The minimum Gasteiger partial charge on any atom is -0.321 e. The van der Waals surface area contributed by atoms with E-state index in [0.717, 1.165) is 22.0 Å². The molecule has 0 aliphatic heterocycles. The normalized spacial score (nSPS) is 11.0. The van der Waals surface area contributed by atoms with Gasteiger partial charge in [-0.25, -0.2) is 4.98 Å².